The summed E-state index contributed by atoms with van der Waals surface area (Å²) in [6, 6.07) is 8.24. The van der Waals surface area contributed by atoms with Crippen LogP contribution in [0.25, 0.3) is 0 Å². The summed E-state index contributed by atoms with van der Waals surface area (Å²) in [6.07, 6.45) is 1.36. The topological polar surface area (TPSA) is 52.3 Å². The molecule has 1 atom stereocenters. The molecule has 0 saturated heterocycles. The maximum atomic E-state index is 11.2. The Bertz CT molecular complexity index is 332. The Morgan fingerprint density at radius 2 is 2.00 bits per heavy atom. The van der Waals surface area contributed by atoms with Crippen LogP contribution in [0.3, 0.4) is 0 Å². The molecule has 0 fully saturated rings. The van der Waals surface area contributed by atoms with Crippen LogP contribution in [0.4, 0.5) is 0 Å². The fourth-order valence-corrected chi connectivity index (χ4v) is 1.65. The first-order chi connectivity index (χ1) is 7.71. The zero-order valence-corrected chi connectivity index (χ0v) is 9.90. The second-order valence-electron chi connectivity index (χ2n) is 3.81. The van der Waals surface area contributed by atoms with Gasteiger partial charge in [0.25, 0.3) is 0 Å². The third kappa shape index (κ3) is 3.35. The van der Waals surface area contributed by atoms with E-state index in [2.05, 4.69) is 23.8 Å². The number of esters is 1. The van der Waals surface area contributed by atoms with E-state index in [-0.39, 0.29) is 11.9 Å². The Balaban J connectivity index is 2.74. The number of methoxy groups -OCH3 is 1. The van der Waals surface area contributed by atoms with Gasteiger partial charge in [-0.05, 0) is 24.1 Å². The Kier molecular flexibility index (Phi) is 4.99. The monoisotopic (exact) mass is 221 g/mol. The number of hydrogen-bond acceptors (Lipinski definition) is 3. The third-order valence-corrected chi connectivity index (χ3v) is 2.78. The van der Waals surface area contributed by atoms with Crippen LogP contribution in [0.1, 0.15) is 30.4 Å². The van der Waals surface area contributed by atoms with E-state index in [1.165, 1.54) is 12.7 Å². The standard InChI is InChI=1S/C13H19NO2/c1-3-10-4-6-11(7-5-10)12(9-14)8-13(15)16-2/h4-7,12H,3,8-9,14H2,1-2H3. The van der Waals surface area contributed by atoms with E-state index < -0.39 is 0 Å². The lowest BCUT2D eigenvalue weighted by Crippen LogP contribution is -2.17. The minimum Gasteiger partial charge on any atom is -0.469 e. The summed E-state index contributed by atoms with van der Waals surface area (Å²) >= 11 is 0. The molecule has 1 rings (SSSR count). The van der Waals surface area contributed by atoms with Crippen molar-refractivity contribution in [1.29, 1.82) is 0 Å². The SMILES string of the molecule is CCc1ccc(C(CN)CC(=O)OC)cc1. The smallest absolute Gasteiger partial charge is 0.306 e. The summed E-state index contributed by atoms with van der Waals surface area (Å²) < 4.78 is 4.65. The molecule has 0 saturated carbocycles. The van der Waals surface area contributed by atoms with Crippen LogP contribution < -0.4 is 5.73 Å². The quantitative estimate of drug-likeness (QED) is 0.772. The molecule has 0 aliphatic heterocycles. The highest BCUT2D eigenvalue weighted by molar-refractivity contribution is 5.70. The second kappa shape index (κ2) is 6.28. The van der Waals surface area contributed by atoms with Crippen LogP contribution >= 0.6 is 0 Å². The molecule has 3 nitrogen and oxygen atoms in total. The summed E-state index contributed by atoms with van der Waals surface area (Å²) in [7, 11) is 1.40. The zero-order valence-electron chi connectivity index (χ0n) is 9.90. The van der Waals surface area contributed by atoms with Gasteiger partial charge in [0.2, 0.25) is 0 Å². The molecule has 0 aromatic heterocycles. The summed E-state index contributed by atoms with van der Waals surface area (Å²) in [5.41, 5.74) is 8.06. The largest absolute Gasteiger partial charge is 0.469 e. The van der Waals surface area contributed by atoms with Gasteiger partial charge in [0, 0.05) is 5.92 Å². The Morgan fingerprint density at radius 3 is 2.44 bits per heavy atom. The number of carbonyl (C=O) groups is 1. The van der Waals surface area contributed by atoms with Crippen LogP contribution in [0.15, 0.2) is 24.3 Å². The first kappa shape index (κ1) is 12.7. The normalized spacial score (nSPS) is 12.2. The molecule has 0 heterocycles. The third-order valence-electron chi connectivity index (χ3n) is 2.78. The molecule has 1 unspecified atom stereocenters. The van der Waals surface area contributed by atoms with Gasteiger partial charge in [0.05, 0.1) is 13.5 Å². The van der Waals surface area contributed by atoms with Crippen molar-refractivity contribution in [2.45, 2.75) is 25.7 Å². The van der Waals surface area contributed by atoms with Gasteiger partial charge in [-0.1, -0.05) is 31.2 Å². The van der Waals surface area contributed by atoms with Gasteiger partial charge >= 0.3 is 5.97 Å². The molecule has 2 N–H and O–H groups in total. The maximum Gasteiger partial charge on any atom is 0.306 e. The molecule has 0 aliphatic rings. The molecular weight excluding hydrogens is 202 g/mol. The van der Waals surface area contributed by atoms with Crippen molar-refractivity contribution in [2.75, 3.05) is 13.7 Å². The Morgan fingerprint density at radius 1 is 1.38 bits per heavy atom. The minimum atomic E-state index is -0.213. The van der Waals surface area contributed by atoms with Crippen molar-refractivity contribution in [1.82, 2.24) is 0 Å². The first-order valence-electron chi connectivity index (χ1n) is 5.57. The first-order valence-corrected chi connectivity index (χ1v) is 5.57. The predicted molar refractivity (Wildman–Crippen MR) is 64.2 cm³/mol. The molecule has 0 radical (unpaired) electrons. The molecule has 1 aromatic carbocycles. The summed E-state index contributed by atoms with van der Waals surface area (Å²) in [5, 5.41) is 0. The van der Waals surface area contributed by atoms with Gasteiger partial charge in [-0.15, -0.1) is 0 Å². The fourth-order valence-electron chi connectivity index (χ4n) is 1.65. The highest BCUT2D eigenvalue weighted by Crippen LogP contribution is 2.19. The molecule has 1 aromatic rings. The molecule has 0 spiro atoms. The van der Waals surface area contributed by atoms with Gasteiger partial charge in [0.1, 0.15) is 0 Å². The summed E-state index contributed by atoms with van der Waals surface area (Å²) in [6.45, 7) is 2.57. The summed E-state index contributed by atoms with van der Waals surface area (Å²) in [5.74, 6) is -0.159. The van der Waals surface area contributed by atoms with Crippen LogP contribution in [-0.2, 0) is 16.0 Å². The number of aryl methyl sites for hydroxylation is 1. The zero-order chi connectivity index (χ0) is 12.0. The highest BCUT2D eigenvalue weighted by atomic mass is 16.5. The van der Waals surface area contributed by atoms with Gasteiger partial charge in [-0.25, -0.2) is 0 Å². The van der Waals surface area contributed by atoms with E-state index >= 15 is 0 Å². The predicted octanol–water partition coefficient (Wildman–Crippen LogP) is 1.85. The molecule has 88 valence electrons. The average molecular weight is 221 g/mol. The molecular formula is C13H19NO2. The van der Waals surface area contributed by atoms with E-state index in [1.807, 2.05) is 12.1 Å². The number of benzene rings is 1. The Hall–Kier alpha value is -1.35. The molecule has 0 bridgehead atoms. The number of rotatable bonds is 5. The second-order valence-corrected chi connectivity index (χ2v) is 3.81. The van der Waals surface area contributed by atoms with Gasteiger partial charge in [-0.3, -0.25) is 4.79 Å². The van der Waals surface area contributed by atoms with Crippen molar-refractivity contribution in [3.63, 3.8) is 0 Å². The van der Waals surface area contributed by atoms with E-state index in [9.17, 15) is 4.79 Å². The lowest BCUT2D eigenvalue weighted by molar-refractivity contribution is -0.141. The van der Waals surface area contributed by atoms with E-state index in [0.29, 0.717) is 13.0 Å². The van der Waals surface area contributed by atoms with Gasteiger partial charge in [0.15, 0.2) is 0 Å². The number of ether oxygens (including phenoxy) is 1. The highest BCUT2D eigenvalue weighted by Gasteiger charge is 2.14. The van der Waals surface area contributed by atoms with E-state index in [4.69, 9.17) is 5.73 Å². The minimum absolute atomic E-state index is 0.0540. The van der Waals surface area contributed by atoms with Crippen LogP contribution in [-0.4, -0.2) is 19.6 Å². The van der Waals surface area contributed by atoms with Crippen molar-refractivity contribution in [2.24, 2.45) is 5.73 Å². The van der Waals surface area contributed by atoms with Crippen molar-refractivity contribution >= 4 is 5.97 Å². The van der Waals surface area contributed by atoms with E-state index in [1.54, 1.807) is 0 Å². The molecule has 0 amide bonds. The lowest BCUT2D eigenvalue weighted by Gasteiger charge is -2.14. The van der Waals surface area contributed by atoms with E-state index in [0.717, 1.165) is 12.0 Å². The fraction of sp³-hybridized carbons (Fsp3) is 0.462. The Labute approximate surface area is 96.6 Å². The molecule has 3 heteroatoms. The average Bonchev–Trinajstić information content (AvgIpc) is 2.35. The number of nitrogens with two attached hydrogens (primary N) is 1. The van der Waals surface area contributed by atoms with Crippen LogP contribution in [0, 0.1) is 0 Å². The van der Waals surface area contributed by atoms with Gasteiger partial charge < -0.3 is 10.5 Å². The lowest BCUT2D eigenvalue weighted by atomic mass is 9.95. The van der Waals surface area contributed by atoms with Crippen molar-refractivity contribution in [3.8, 4) is 0 Å². The maximum absolute atomic E-state index is 11.2. The van der Waals surface area contributed by atoms with Crippen molar-refractivity contribution < 1.29 is 9.53 Å². The van der Waals surface area contributed by atoms with Crippen LogP contribution in [0.5, 0.6) is 0 Å². The van der Waals surface area contributed by atoms with Crippen molar-refractivity contribution in [3.05, 3.63) is 35.4 Å². The summed E-state index contributed by atoms with van der Waals surface area (Å²) in [4.78, 5) is 11.2. The van der Waals surface area contributed by atoms with Gasteiger partial charge in [-0.2, -0.15) is 0 Å². The number of hydrogen-bond donors (Lipinski definition) is 1. The van der Waals surface area contributed by atoms with Crippen LogP contribution in [0.2, 0.25) is 0 Å². The number of carbonyl (C=O) groups excluding carboxylic acids is 1. The molecule has 16 heavy (non-hydrogen) atoms. The molecule has 0 aliphatic carbocycles.